The smallest absolute Gasteiger partial charge is 0.341 e. The molecule has 0 saturated carbocycles. The summed E-state index contributed by atoms with van der Waals surface area (Å²) in [5, 5.41) is 7.94. The number of aryl methyl sites for hydroxylation is 3. The van der Waals surface area contributed by atoms with E-state index in [2.05, 4.69) is 20.4 Å². The molecular weight excluding hydrogens is 442 g/mol. The molecule has 0 aliphatic carbocycles. The fraction of sp³-hybridized carbons (Fsp3) is 0.261. The van der Waals surface area contributed by atoms with Crippen LogP contribution in [0, 0.1) is 20.8 Å². The first-order chi connectivity index (χ1) is 15.9. The van der Waals surface area contributed by atoms with Crippen LogP contribution in [0.2, 0.25) is 0 Å². The minimum Gasteiger partial charge on any atom is -0.465 e. The van der Waals surface area contributed by atoms with Crippen LogP contribution in [0.3, 0.4) is 0 Å². The van der Waals surface area contributed by atoms with E-state index in [-0.39, 0.29) is 12.5 Å². The number of nitrogens with zero attached hydrogens (tertiary/aromatic N) is 4. The van der Waals surface area contributed by atoms with Crippen LogP contribution in [-0.4, -0.2) is 38.6 Å². The highest BCUT2D eigenvalue weighted by atomic mass is 32.2. The van der Waals surface area contributed by atoms with Crippen molar-refractivity contribution < 1.29 is 18.7 Å². The van der Waals surface area contributed by atoms with Gasteiger partial charge in [-0.3, -0.25) is 4.79 Å². The highest BCUT2D eigenvalue weighted by Crippen LogP contribution is 2.23. The number of fused-ring (bicyclic) bond motifs is 1. The number of aromatic nitrogens is 4. The molecule has 9 nitrogen and oxygen atoms in total. The largest absolute Gasteiger partial charge is 0.465 e. The number of carbonyl (C=O) groups excluding carboxylic acids is 2. The van der Waals surface area contributed by atoms with Crippen molar-refractivity contribution in [3.63, 3.8) is 0 Å². The first-order valence-corrected chi connectivity index (χ1v) is 11.2. The zero-order chi connectivity index (χ0) is 23.5. The number of ether oxygens (including phenoxy) is 1. The number of hydrogen-bond donors (Lipinski definition) is 1. The van der Waals surface area contributed by atoms with Gasteiger partial charge in [-0.2, -0.15) is 4.98 Å². The van der Waals surface area contributed by atoms with Gasteiger partial charge in [0, 0.05) is 22.7 Å². The molecule has 1 aromatic carbocycles. The van der Waals surface area contributed by atoms with Crippen molar-refractivity contribution in [3.05, 3.63) is 76.0 Å². The summed E-state index contributed by atoms with van der Waals surface area (Å²) in [5.74, 6) is 1.28. The van der Waals surface area contributed by atoms with Crippen LogP contribution in [-0.2, 0) is 17.0 Å². The van der Waals surface area contributed by atoms with Gasteiger partial charge >= 0.3 is 5.97 Å². The lowest BCUT2D eigenvalue weighted by Gasteiger charge is -2.08. The summed E-state index contributed by atoms with van der Waals surface area (Å²) < 4.78 is 12.0. The number of carbonyl (C=O) groups is 2. The van der Waals surface area contributed by atoms with E-state index in [4.69, 9.17) is 9.15 Å². The van der Waals surface area contributed by atoms with Crippen LogP contribution in [0.1, 0.15) is 49.2 Å². The highest BCUT2D eigenvalue weighted by molar-refractivity contribution is 7.98. The molecule has 0 unspecified atom stereocenters. The molecule has 4 aromatic rings. The first kappa shape index (κ1) is 22.5. The lowest BCUT2D eigenvalue weighted by Crippen LogP contribution is -2.23. The maximum Gasteiger partial charge on any atom is 0.341 e. The van der Waals surface area contributed by atoms with Crippen molar-refractivity contribution in [1.29, 1.82) is 0 Å². The van der Waals surface area contributed by atoms with Gasteiger partial charge in [0.2, 0.25) is 5.16 Å². The van der Waals surface area contributed by atoms with Gasteiger partial charge in [0.25, 0.3) is 11.7 Å². The van der Waals surface area contributed by atoms with Crippen LogP contribution in [0.4, 0.5) is 0 Å². The molecule has 170 valence electrons. The molecule has 0 aliphatic rings. The second kappa shape index (κ2) is 9.45. The number of rotatable bonds is 7. The second-order valence-corrected chi connectivity index (χ2v) is 8.39. The number of benzene rings is 1. The summed E-state index contributed by atoms with van der Waals surface area (Å²) in [5.41, 5.74) is 3.59. The Morgan fingerprint density at radius 3 is 2.70 bits per heavy atom. The Kier molecular flexibility index (Phi) is 6.45. The number of nitrogens with one attached hydrogen (secondary N) is 1. The van der Waals surface area contributed by atoms with Crippen molar-refractivity contribution in [2.24, 2.45) is 0 Å². The van der Waals surface area contributed by atoms with E-state index in [1.165, 1.54) is 18.9 Å². The minimum atomic E-state index is -0.475. The third-order valence-electron chi connectivity index (χ3n) is 5.01. The van der Waals surface area contributed by atoms with Crippen molar-refractivity contribution in [3.8, 4) is 0 Å². The van der Waals surface area contributed by atoms with Gasteiger partial charge in [-0.15, -0.1) is 5.10 Å². The molecule has 0 aliphatic heterocycles. The predicted octanol–water partition coefficient (Wildman–Crippen LogP) is 3.65. The minimum absolute atomic E-state index is 0.149. The number of furan rings is 1. The molecule has 33 heavy (non-hydrogen) atoms. The van der Waals surface area contributed by atoms with Gasteiger partial charge in [-0.1, -0.05) is 30.0 Å². The molecule has 0 saturated heterocycles. The van der Waals surface area contributed by atoms with Crippen molar-refractivity contribution >= 4 is 29.4 Å². The third-order valence-corrected chi connectivity index (χ3v) is 5.90. The van der Waals surface area contributed by atoms with Crippen LogP contribution >= 0.6 is 11.8 Å². The molecule has 0 atom stereocenters. The summed E-state index contributed by atoms with van der Waals surface area (Å²) in [6, 6.07) is 10.9. The van der Waals surface area contributed by atoms with Crippen molar-refractivity contribution in [2.75, 3.05) is 7.11 Å². The molecule has 4 rings (SSSR count). The van der Waals surface area contributed by atoms with Gasteiger partial charge in [0.15, 0.2) is 0 Å². The van der Waals surface area contributed by atoms with Crippen LogP contribution in [0.5, 0.6) is 0 Å². The third kappa shape index (κ3) is 4.90. The molecule has 0 bridgehead atoms. The average Bonchev–Trinajstić information content (AvgIpc) is 3.38. The number of amides is 1. The lowest BCUT2D eigenvalue weighted by atomic mass is 10.1. The van der Waals surface area contributed by atoms with E-state index < -0.39 is 5.97 Å². The van der Waals surface area contributed by atoms with E-state index in [0.29, 0.717) is 39.3 Å². The molecule has 1 amide bonds. The Bertz CT molecular complexity index is 1340. The second-order valence-electron chi connectivity index (χ2n) is 7.45. The standard InChI is InChI=1S/C23H23N5O4S/c1-13-9-14(2)28-22(25-13)26-23(27-28)33-12-16-7-5-6-8-18(16)20(29)24-11-17-10-19(15(3)32-17)21(30)31-4/h5-10H,11-12H2,1-4H3,(H,24,29). The predicted molar refractivity (Wildman–Crippen MR) is 122 cm³/mol. The van der Waals surface area contributed by atoms with Crippen LogP contribution in [0.15, 0.2) is 46.0 Å². The highest BCUT2D eigenvalue weighted by Gasteiger charge is 2.17. The molecule has 0 spiro atoms. The van der Waals surface area contributed by atoms with Gasteiger partial charge in [-0.25, -0.2) is 14.3 Å². The summed E-state index contributed by atoms with van der Waals surface area (Å²) in [6.07, 6.45) is 0. The monoisotopic (exact) mass is 465 g/mol. The summed E-state index contributed by atoms with van der Waals surface area (Å²) in [6.45, 7) is 5.70. The molecule has 10 heteroatoms. The number of thioether (sulfide) groups is 1. The number of hydrogen-bond acceptors (Lipinski definition) is 8. The lowest BCUT2D eigenvalue weighted by molar-refractivity contribution is 0.0598. The van der Waals surface area contributed by atoms with Crippen molar-refractivity contribution in [1.82, 2.24) is 24.9 Å². The van der Waals surface area contributed by atoms with Crippen molar-refractivity contribution in [2.45, 2.75) is 38.2 Å². The summed E-state index contributed by atoms with van der Waals surface area (Å²) >= 11 is 1.44. The summed E-state index contributed by atoms with van der Waals surface area (Å²) in [7, 11) is 1.31. The van der Waals surface area contributed by atoms with E-state index in [0.717, 1.165) is 17.0 Å². The molecule has 3 heterocycles. The maximum absolute atomic E-state index is 12.9. The zero-order valence-electron chi connectivity index (χ0n) is 18.7. The Balaban J connectivity index is 1.44. The van der Waals surface area contributed by atoms with Gasteiger partial charge in [0.1, 0.15) is 17.1 Å². The Morgan fingerprint density at radius 2 is 1.91 bits per heavy atom. The normalized spacial score (nSPS) is 11.0. The first-order valence-electron chi connectivity index (χ1n) is 10.2. The van der Waals surface area contributed by atoms with Gasteiger partial charge in [0.05, 0.1) is 13.7 Å². The molecule has 0 radical (unpaired) electrons. The topological polar surface area (TPSA) is 112 Å². The molecule has 0 fully saturated rings. The number of methoxy groups -OCH3 is 1. The van der Waals surface area contributed by atoms with E-state index in [9.17, 15) is 9.59 Å². The zero-order valence-corrected chi connectivity index (χ0v) is 19.5. The molecule has 3 aromatic heterocycles. The molecular formula is C23H23N5O4S. The van der Waals surface area contributed by atoms with E-state index in [1.807, 2.05) is 38.1 Å². The van der Waals surface area contributed by atoms with E-state index >= 15 is 0 Å². The Hall–Kier alpha value is -3.66. The number of esters is 1. The van der Waals surface area contributed by atoms with E-state index in [1.54, 1.807) is 23.6 Å². The Labute approximate surface area is 194 Å². The maximum atomic E-state index is 12.9. The Morgan fingerprint density at radius 1 is 1.12 bits per heavy atom. The quantitative estimate of drug-likeness (QED) is 0.325. The SMILES string of the molecule is COC(=O)c1cc(CNC(=O)c2ccccc2CSc2nc3nc(C)cc(C)n3n2)oc1C. The fourth-order valence-corrected chi connectivity index (χ4v) is 4.25. The van der Waals surface area contributed by atoms with Crippen LogP contribution < -0.4 is 5.32 Å². The fourth-order valence-electron chi connectivity index (χ4n) is 3.43. The molecule has 1 N–H and O–H groups in total. The van der Waals surface area contributed by atoms with Gasteiger partial charge in [-0.05, 0) is 44.5 Å². The van der Waals surface area contributed by atoms with Crippen LogP contribution in [0.25, 0.3) is 5.78 Å². The summed E-state index contributed by atoms with van der Waals surface area (Å²) in [4.78, 5) is 33.5. The average molecular weight is 466 g/mol. The van der Waals surface area contributed by atoms with Gasteiger partial charge < -0.3 is 14.5 Å².